The Kier molecular flexibility index (Phi) is 9.32. The quantitative estimate of drug-likeness (QED) is 0.382. The molecule has 0 saturated heterocycles. The second-order valence-corrected chi connectivity index (χ2v) is 9.29. The van der Waals surface area contributed by atoms with E-state index in [4.69, 9.17) is 18.0 Å². The van der Waals surface area contributed by atoms with Crippen LogP contribution in [0, 0.1) is 5.92 Å². The number of nitrogens with zero attached hydrogens (tertiary/aromatic N) is 2. The van der Waals surface area contributed by atoms with Gasteiger partial charge in [-0.2, -0.15) is 5.11 Å². The maximum absolute atomic E-state index is 11.4. The Balaban J connectivity index is 2.30. The summed E-state index contributed by atoms with van der Waals surface area (Å²) >= 11 is 0. The highest BCUT2D eigenvalue weighted by molar-refractivity contribution is 6.75. The van der Waals surface area contributed by atoms with E-state index in [0.29, 0.717) is 30.3 Å². The van der Waals surface area contributed by atoms with Gasteiger partial charge in [-0.25, -0.2) is 0 Å². The Morgan fingerprint density at radius 3 is 2.16 bits per heavy atom. The molecule has 0 spiro atoms. The molecule has 168 valence electrons. The summed E-state index contributed by atoms with van der Waals surface area (Å²) in [6.07, 6.45) is -0.591. The van der Waals surface area contributed by atoms with E-state index in [0.717, 1.165) is 5.19 Å². The zero-order chi connectivity index (χ0) is 22.9. The first kappa shape index (κ1) is 24.7. The van der Waals surface area contributed by atoms with Gasteiger partial charge < -0.3 is 23.1 Å². The lowest BCUT2D eigenvalue weighted by molar-refractivity contribution is -0.144. The molecule has 0 heterocycles. The highest BCUT2D eigenvalue weighted by atomic mass is 28.4. The van der Waals surface area contributed by atoms with Crippen molar-refractivity contribution in [3.05, 3.63) is 48.5 Å². The van der Waals surface area contributed by atoms with Gasteiger partial charge in [-0.15, -0.1) is 5.11 Å². The molecule has 0 bridgehead atoms. The summed E-state index contributed by atoms with van der Waals surface area (Å²) in [4.78, 5) is 11.4. The van der Waals surface area contributed by atoms with Crippen molar-refractivity contribution in [2.24, 2.45) is 16.1 Å². The number of para-hydroxylation sites is 1. The molecule has 2 aromatic carbocycles. The summed E-state index contributed by atoms with van der Waals surface area (Å²) in [5.41, 5.74) is 1.26. The number of methoxy groups -OCH3 is 1. The van der Waals surface area contributed by atoms with E-state index in [9.17, 15) is 9.90 Å². The molecule has 2 unspecified atom stereocenters. The van der Waals surface area contributed by atoms with Crippen molar-refractivity contribution in [1.82, 2.24) is 0 Å². The Bertz CT molecular complexity index is 869. The highest BCUT2D eigenvalue weighted by Gasteiger charge is 2.46. The summed E-state index contributed by atoms with van der Waals surface area (Å²) in [6, 6.07) is 14.6. The lowest BCUT2D eigenvalue weighted by Crippen LogP contribution is -2.59. The first-order valence-corrected chi connectivity index (χ1v) is 11.9. The molecule has 0 radical (unpaired) electrons. The number of ether oxygens (including phenoxy) is 1. The van der Waals surface area contributed by atoms with E-state index >= 15 is 0 Å². The molecule has 2 atom stereocenters. The van der Waals surface area contributed by atoms with E-state index in [-0.39, 0.29) is 0 Å². The molecule has 8 nitrogen and oxygen atoms in total. The maximum Gasteiger partial charge on any atom is 0.537 e. The van der Waals surface area contributed by atoms with Gasteiger partial charge in [-0.05, 0) is 52.0 Å². The van der Waals surface area contributed by atoms with Crippen LogP contribution in [-0.4, -0.2) is 46.3 Å². The van der Waals surface area contributed by atoms with Gasteiger partial charge in [0.15, 0.2) is 0 Å². The number of benzene rings is 2. The summed E-state index contributed by atoms with van der Waals surface area (Å²) in [7, 11) is -1.74. The zero-order valence-electron chi connectivity index (χ0n) is 18.6. The average molecular weight is 447 g/mol. The van der Waals surface area contributed by atoms with Gasteiger partial charge in [0.1, 0.15) is 11.4 Å². The van der Waals surface area contributed by atoms with Crippen LogP contribution in [0.3, 0.4) is 0 Å². The van der Waals surface area contributed by atoms with Crippen LogP contribution in [0.1, 0.15) is 27.7 Å². The van der Waals surface area contributed by atoms with Gasteiger partial charge >= 0.3 is 14.8 Å². The van der Waals surface area contributed by atoms with Gasteiger partial charge in [-0.1, -0.05) is 24.3 Å². The highest BCUT2D eigenvalue weighted by Crippen LogP contribution is 2.28. The SMILES string of the molecule is CCO[Si](OCC)(OC(C)C(C)C(=O)O)c1ccc(N=Nc2ccccc2OC)cc1. The number of carbonyl (C=O) groups is 1. The molecular weight excluding hydrogens is 416 g/mol. The van der Waals surface area contributed by atoms with E-state index < -0.39 is 26.8 Å². The predicted octanol–water partition coefficient (Wildman–Crippen LogP) is 4.46. The van der Waals surface area contributed by atoms with Crippen molar-refractivity contribution in [2.75, 3.05) is 20.3 Å². The summed E-state index contributed by atoms with van der Waals surface area (Å²) in [6.45, 7) is 7.77. The molecule has 2 aromatic rings. The standard InChI is InChI=1S/C22H30N2O6Si/c1-6-28-31(29-7-2,30-17(4)16(3)22(25)26)19-14-12-18(13-15-19)23-24-20-10-8-9-11-21(20)27-5/h8-17H,6-7H2,1-5H3,(H,25,26). The molecule has 0 fully saturated rings. The fourth-order valence-electron chi connectivity index (χ4n) is 2.83. The molecule has 0 aliphatic rings. The van der Waals surface area contributed by atoms with Gasteiger partial charge in [0.25, 0.3) is 0 Å². The first-order valence-electron chi connectivity index (χ1n) is 10.2. The van der Waals surface area contributed by atoms with Crippen LogP contribution in [0.2, 0.25) is 0 Å². The van der Waals surface area contributed by atoms with Crippen molar-refractivity contribution in [1.29, 1.82) is 0 Å². The van der Waals surface area contributed by atoms with E-state index in [1.807, 2.05) is 50.2 Å². The van der Waals surface area contributed by atoms with Gasteiger partial charge in [0.05, 0.1) is 24.8 Å². The Labute approximate surface area is 184 Å². The van der Waals surface area contributed by atoms with Crippen LogP contribution < -0.4 is 9.92 Å². The van der Waals surface area contributed by atoms with Crippen molar-refractivity contribution in [3.8, 4) is 5.75 Å². The first-order chi connectivity index (χ1) is 14.9. The Morgan fingerprint density at radius 1 is 1.00 bits per heavy atom. The number of carboxylic acid groups (broad SMARTS) is 1. The van der Waals surface area contributed by atoms with E-state index in [2.05, 4.69) is 10.2 Å². The Hall–Kier alpha value is -2.59. The Morgan fingerprint density at radius 2 is 1.61 bits per heavy atom. The summed E-state index contributed by atoms with van der Waals surface area (Å²) in [5.74, 6) is -1.01. The van der Waals surface area contributed by atoms with Crippen molar-refractivity contribution >= 4 is 31.3 Å². The minimum Gasteiger partial charge on any atom is -0.494 e. The van der Waals surface area contributed by atoms with Gasteiger partial charge in [0.2, 0.25) is 0 Å². The fraction of sp³-hybridized carbons (Fsp3) is 0.409. The predicted molar refractivity (Wildman–Crippen MR) is 120 cm³/mol. The molecule has 0 saturated carbocycles. The molecule has 0 aliphatic heterocycles. The largest absolute Gasteiger partial charge is 0.537 e. The number of hydrogen-bond donors (Lipinski definition) is 1. The molecule has 31 heavy (non-hydrogen) atoms. The van der Waals surface area contributed by atoms with Crippen LogP contribution >= 0.6 is 0 Å². The molecular formula is C22H30N2O6Si. The van der Waals surface area contributed by atoms with Crippen LogP contribution in [0.15, 0.2) is 58.8 Å². The molecule has 1 N–H and O–H groups in total. The number of rotatable bonds is 12. The molecule has 9 heteroatoms. The minimum absolute atomic E-state index is 0.371. The minimum atomic E-state index is -3.32. The van der Waals surface area contributed by atoms with Gasteiger partial charge in [0, 0.05) is 18.4 Å². The number of aliphatic carboxylic acids is 1. The van der Waals surface area contributed by atoms with Crippen LogP contribution in [0.4, 0.5) is 11.4 Å². The lowest BCUT2D eigenvalue weighted by atomic mass is 10.1. The van der Waals surface area contributed by atoms with Gasteiger partial charge in [-0.3, -0.25) is 4.79 Å². The van der Waals surface area contributed by atoms with Crippen LogP contribution in [0.25, 0.3) is 0 Å². The van der Waals surface area contributed by atoms with Crippen LogP contribution in [0.5, 0.6) is 5.75 Å². The fourth-order valence-corrected chi connectivity index (χ4v) is 5.55. The van der Waals surface area contributed by atoms with E-state index in [1.165, 1.54) is 0 Å². The normalized spacial score (nSPS) is 13.8. The topological polar surface area (TPSA) is 98.9 Å². The lowest BCUT2D eigenvalue weighted by Gasteiger charge is -2.33. The number of hydrogen-bond acceptors (Lipinski definition) is 7. The third-order valence-corrected chi connectivity index (χ3v) is 7.74. The zero-order valence-corrected chi connectivity index (χ0v) is 19.6. The maximum atomic E-state index is 11.4. The van der Waals surface area contributed by atoms with Crippen LogP contribution in [-0.2, 0) is 18.1 Å². The number of carboxylic acids is 1. The van der Waals surface area contributed by atoms with Crippen molar-refractivity contribution in [2.45, 2.75) is 33.8 Å². The number of azo groups is 1. The molecule has 0 amide bonds. The summed E-state index contributed by atoms with van der Waals surface area (Å²) < 4.78 is 23.4. The second-order valence-electron chi connectivity index (χ2n) is 6.79. The molecule has 0 aromatic heterocycles. The molecule has 2 rings (SSSR count). The van der Waals surface area contributed by atoms with Crippen molar-refractivity contribution in [3.63, 3.8) is 0 Å². The monoisotopic (exact) mass is 446 g/mol. The second kappa shape index (κ2) is 11.7. The third kappa shape index (κ3) is 6.44. The summed E-state index contributed by atoms with van der Waals surface area (Å²) in [5, 5.41) is 18.6. The third-order valence-electron chi connectivity index (χ3n) is 4.68. The smallest absolute Gasteiger partial charge is 0.494 e. The molecule has 0 aliphatic carbocycles. The average Bonchev–Trinajstić information content (AvgIpc) is 2.77. The van der Waals surface area contributed by atoms with E-state index in [1.54, 1.807) is 33.1 Å². The van der Waals surface area contributed by atoms with Crippen molar-refractivity contribution < 1.29 is 27.9 Å².